The molecule has 10 aromatic rings. The van der Waals surface area contributed by atoms with Crippen molar-refractivity contribution in [2.45, 2.75) is 24.9 Å². The van der Waals surface area contributed by atoms with Gasteiger partial charge in [-0.25, -0.2) is 9.98 Å². The van der Waals surface area contributed by atoms with Crippen molar-refractivity contribution in [2.24, 2.45) is 9.98 Å². The van der Waals surface area contributed by atoms with Crippen LogP contribution in [0.25, 0.3) is 65.4 Å². The van der Waals surface area contributed by atoms with Crippen LogP contribution in [0.1, 0.15) is 51.9 Å². The Labute approximate surface area is 335 Å². The molecule has 274 valence electrons. The Hall–Kier alpha value is -7.30. The molecule has 58 heavy (non-hydrogen) atoms. The molecule has 2 unspecified atom stereocenters. The number of hydrogen-bond acceptors (Lipinski definition) is 4. The van der Waals surface area contributed by atoms with Crippen LogP contribution in [0.15, 0.2) is 196 Å². The molecule has 2 heterocycles. The van der Waals surface area contributed by atoms with Gasteiger partial charge in [-0.05, 0) is 115 Å². The first-order chi connectivity index (χ1) is 28.7. The van der Waals surface area contributed by atoms with Gasteiger partial charge in [-0.2, -0.15) is 0 Å². The van der Waals surface area contributed by atoms with Gasteiger partial charge in [0.2, 0.25) is 0 Å². The highest BCUT2D eigenvalue weighted by molar-refractivity contribution is 6.24. The van der Waals surface area contributed by atoms with Gasteiger partial charge in [0, 0.05) is 27.8 Å². The number of fused-ring (bicyclic) bond motifs is 9. The van der Waals surface area contributed by atoms with Gasteiger partial charge in [0.15, 0.2) is 6.17 Å². The van der Waals surface area contributed by atoms with E-state index in [1.165, 1.54) is 60.1 Å². The molecular formula is C54H37N3O. The largest absolute Gasteiger partial charge is 0.456 e. The van der Waals surface area contributed by atoms with Crippen LogP contribution in [0.2, 0.25) is 0 Å². The summed E-state index contributed by atoms with van der Waals surface area (Å²) >= 11 is 0. The quantitative estimate of drug-likeness (QED) is 0.195. The third-order valence-corrected chi connectivity index (χ3v) is 12.3. The molecule has 4 nitrogen and oxygen atoms in total. The second-order valence-corrected chi connectivity index (χ2v) is 15.7. The van der Waals surface area contributed by atoms with Gasteiger partial charge in [0.25, 0.3) is 0 Å². The molecule has 0 spiro atoms. The lowest BCUT2D eigenvalue weighted by Gasteiger charge is -2.24. The predicted molar refractivity (Wildman–Crippen MR) is 240 cm³/mol. The number of para-hydroxylation sites is 1. The number of furan rings is 1. The van der Waals surface area contributed by atoms with E-state index in [0.717, 1.165) is 63.1 Å². The van der Waals surface area contributed by atoms with Crippen molar-refractivity contribution in [3.05, 3.63) is 215 Å². The van der Waals surface area contributed by atoms with E-state index in [0.29, 0.717) is 0 Å². The van der Waals surface area contributed by atoms with E-state index >= 15 is 0 Å². The molecule has 1 N–H and O–H groups in total. The Bertz CT molecular complexity index is 3350. The lowest BCUT2D eigenvalue weighted by Crippen LogP contribution is -2.36. The highest BCUT2D eigenvalue weighted by Crippen LogP contribution is 2.45. The van der Waals surface area contributed by atoms with E-state index in [1.54, 1.807) is 0 Å². The Morgan fingerprint density at radius 2 is 1.12 bits per heavy atom. The minimum absolute atomic E-state index is 0.136. The molecule has 2 aliphatic rings. The Morgan fingerprint density at radius 3 is 1.95 bits per heavy atom. The fraction of sp³-hybridized carbons (Fsp3) is 0.0741. The third kappa shape index (κ3) is 5.44. The Kier molecular flexibility index (Phi) is 7.45. The summed E-state index contributed by atoms with van der Waals surface area (Å²) in [5.74, 6) is 1.71. The molecule has 2 atom stereocenters. The van der Waals surface area contributed by atoms with Crippen LogP contribution in [0.4, 0.5) is 0 Å². The van der Waals surface area contributed by atoms with Crippen LogP contribution in [-0.2, 0) is 6.42 Å². The molecule has 4 heteroatoms. The summed E-state index contributed by atoms with van der Waals surface area (Å²) in [6, 6.07) is 65.6. The number of benzene rings is 9. The molecule has 0 fully saturated rings. The Balaban J connectivity index is 1.06. The van der Waals surface area contributed by atoms with Crippen molar-refractivity contribution in [3.8, 4) is 11.1 Å². The monoisotopic (exact) mass is 743 g/mol. The van der Waals surface area contributed by atoms with Crippen molar-refractivity contribution in [1.82, 2.24) is 5.32 Å². The molecule has 0 radical (unpaired) electrons. The smallest absolute Gasteiger partial charge is 0.169 e. The number of aryl methyl sites for hydroxylation is 1. The lowest BCUT2D eigenvalue weighted by molar-refractivity contribution is 0.665. The summed E-state index contributed by atoms with van der Waals surface area (Å²) in [4.78, 5) is 10.8. The maximum Gasteiger partial charge on any atom is 0.169 e. The third-order valence-electron chi connectivity index (χ3n) is 12.3. The molecule has 9 aromatic carbocycles. The van der Waals surface area contributed by atoms with Gasteiger partial charge in [-0.15, -0.1) is 0 Å². The zero-order valence-electron chi connectivity index (χ0n) is 31.7. The van der Waals surface area contributed by atoms with Gasteiger partial charge in [0.1, 0.15) is 22.8 Å². The lowest BCUT2D eigenvalue weighted by atomic mass is 9.84. The number of amidine groups is 2. The van der Waals surface area contributed by atoms with Crippen molar-refractivity contribution in [2.75, 3.05) is 0 Å². The average Bonchev–Trinajstić information content (AvgIpc) is 3.59. The van der Waals surface area contributed by atoms with Gasteiger partial charge in [-0.1, -0.05) is 146 Å². The van der Waals surface area contributed by atoms with E-state index < -0.39 is 6.17 Å². The van der Waals surface area contributed by atoms with Crippen LogP contribution in [-0.4, -0.2) is 11.7 Å². The van der Waals surface area contributed by atoms with Crippen LogP contribution < -0.4 is 5.32 Å². The fourth-order valence-electron chi connectivity index (χ4n) is 9.44. The molecule has 0 saturated carbocycles. The molecule has 1 aliphatic carbocycles. The second-order valence-electron chi connectivity index (χ2n) is 15.7. The normalized spacial score (nSPS) is 16.5. The summed E-state index contributed by atoms with van der Waals surface area (Å²) in [5, 5.41) is 13.2. The van der Waals surface area contributed by atoms with E-state index in [1.807, 2.05) is 6.07 Å². The zero-order chi connectivity index (χ0) is 38.2. The van der Waals surface area contributed by atoms with Crippen LogP contribution in [0.5, 0.6) is 0 Å². The minimum Gasteiger partial charge on any atom is -0.456 e. The molecule has 12 rings (SSSR count). The summed E-state index contributed by atoms with van der Waals surface area (Å²) in [7, 11) is 0. The van der Waals surface area contributed by atoms with Crippen molar-refractivity contribution < 1.29 is 4.42 Å². The standard InChI is InChI=1S/C54H37N3O/c1-3-13-35-28-40(23-21-33(35)11-1)52-55-53(41-24-22-34-12-2-4-14-36(34)29-41)57-54(56-52)48-31-42(32-50-51(48)46-19-9-10-20-49(46)58-50)43-26-25-39-27-37-15-5-6-16-38(37)30-47(39)45-18-8-7-17-44(43)45/h1-24,27-32,43,52H,25-26H2,(H,55,56,57). The minimum atomic E-state index is -0.457. The van der Waals surface area contributed by atoms with Crippen molar-refractivity contribution in [1.29, 1.82) is 0 Å². The number of rotatable bonds is 4. The average molecular weight is 744 g/mol. The van der Waals surface area contributed by atoms with Crippen LogP contribution in [0.3, 0.4) is 0 Å². The number of nitrogens with zero attached hydrogens (tertiary/aromatic N) is 2. The van der Waals surface area contributed by atoms with Gasteiger partial charge in [-0.3, -0.25) is 0 Å². The first kappa shape index (κ1) is 32.9. The van der Waals surface area contributed by atoms with Crippen LogP contribution in [0, 0.1) is 0 Å². The summed E-state index contributed by atoms with van der Waals surface area (Å²) in [6.07, 6.45) is 1.48. The topological polar surface area (TPSA) is 49.9 Å². The van der Waals surface area contributed by atoms with E-state index in [4.69, 9.17) is 14.4 Å². The fourth-order valence-corrected chi connectivity index (χ4v) is 9.44. The highest BCUT2D eigenvalue weighted by Gasteiger charge is 2.29. The summed E-state index contributed by atoms with van der Waals surface area (Å²) < 4.78 is 6.76. The number of hydrogen-bond donors (Lipinski definition) is 1. The second kappa shape index (κ2) is 13.1. The first-order valence-electron chi connectivity index (χ1n) is 20.2. The van der Waals surface area contributed by atoms with Crippen LogP contribution >= 0.6 is 0 Å². The van der Waals surface area contributed by atoms with Gasteiger partial charge >= 0.3 is 0 Å². The van der Waals surface area contributed by atoms with Gasteiger partial charge in [0.05, 0.1) is 0 Å². The van der Waals surface area contributed by atoms with E-state index in [-0.39, 0.29) is 5.92 Å². The molecule has 0 amide bonds. The van der Waals surface area contributed by atoms with Crippen molar-refractivity contribution >= 4 is 65.9 Å². The first-order valence-corrected chi connectivity index (χ1v) is 20.2. The molecule has 1 aromatic heterocycles. The van der Waals surface area contributed by atoms with E-state index in [9.17, 15) is 0 Å². The maximum atomic E-state index is 6.76. The summed E-state index contributed by atoms with van der Waals surface area (Å²) in [6.45, 7) is 0. The predicted octanol–water partition coefficient (Wildman–Crippen LogP) is 13.3. The molecule has 0 saturated heterocycles. The molecule has 1 aliphatic heterocycles. The SMILES string of the molecule is c1ccc2c(c1)-c1cc3ccccc3cc1CCC2c1cc(C2=NC(c3ccc4ccccc4c3)N=C(c3ccc4ccccc4c3)N2)c2c(c1)oc1ccccc12. The van der Waals surface area contributed by atoms with E-state index in [2.05, 4.69) is 181 Å². The zero-order valence-corrected chi connectivity index (χ0v) is 31.7. The molecular weight excluding hydrogens is 707 g/mol. The Morgan fingerprint density at radius 1 is 0.466 bits per heavy atom. The highest BCUT2D eigenvalue weighted by atomic mass is 16.3. The van der Waals surface area contributed by atoms with Gasteiger partial charge < -0.3 is 9.73 Å². The number of aliphatic imine (C=N–C) groups is 2. The molecule has 0 bridgehead atoms. The maximum absolute atomic E-state index is 6.76. The van der Waals surface area contributed by atoms with Crippen molar-refractivity contribution in [3.63, 3.8) is 0 Å². The number of nitrogens with one attached hydrogen (secondary N) is 1. The summed E-state index contributed by atoms with van der Waals surface area (Å²) in [5.41, 5.74) is 11.4.